The molecule has 140 valence electrons. The number of ether oxygens (including phenoxy) is 2. The molecule has 27 heavy (non-hydrogen) atoms. The van der Waals surface area contributed by atoms with Crippen LogP contribution in [-0.2, 0) is 12.4 Å². The average Bonchev–Trinajstić information content (AvgIpc) is 3.46. The molecule has 0 bridgehead atoms. The molecule has 2 heterocycles. The van der Waals surface area contributed by atoms with E-state index in [-0.39, 0.29) is 0 Å². The molecule has 1 aliphatic rings. The van der Waals surface area contributed by atoms with Crippen LogP contribution in [-0.4, -0.2) is 26.9 Å². The first-order valence-electron chi connectivity index (χ1n) is 8.67. The molecule has 0 amide bonds. The van der Waals surface area contributed by atoms with Crippen LogP contribution in [0, 0.1) is 0 Å². The van der Waals surface area contributed by atoms with Crippen LogP contribution in [0.3, 0.4) is 0 Å². The highest BCUT2D eigenvalue weighted by atomic mass is 35.5. The highest BCUT2D eigenvalue weighted by Crippen LogP contribution is 2.39. The summed E-state index contributed by atoms with van der Waals surface area (Å²) in [5, 5.41) is 10.2. The predicted octanol–water partition coefficient (Wildman–Crippen LogP) is 4.54. The molecule has 0 atom stereocenters. The number of thioether (sulfide) groups is 1. The van der Waals surface area contributed by atoms with Gasteiger partial charge in [-0.25, -0.2) is 4.98 Å². The largest absolute Gasteiger partial charge is 0.484 e. The SMILES string of the molecule is COc1ccc(CSc2nnc(COc3ccccc3Cl)n2C2CC2)cn1. The molecule has 0 spiro atoms. The summed E-state index contributed by atoms with van der Waals surface area (Å²) in [6.07, 6.45) is 4.12. The van der Waals surface area contributed by atoms with E-state index in [9.17, 15) is 0 Å². The molecule has 1 aromatic carbocycles. The second-order valence-corrected chi connectivity index (χ2v) is 7.57. The Bertz CT molecular complexity index is 912. The number of para-hydroxylation sites is 1. The standard InChI is InChI=1S/C19H19ClN4O2S/c1-25-18-9-6-13(10-21-18)12-27-19-23-22-17(24(19)14-7-8-14)11-26-16-5-3-2-4-15(16)20/h2-6,9-10,14H,7-8,11-12H2,1H3. The van der Waals surface area contributed by atoms with Crippen LogP contribution in [0.25, 0.3) is 0 Å². The fraction of sp³-hybridized carbons (Fsp3) is 0.316. The van der Waals surface area contributed by atoms with Gasteiger partial charge in [0.1, 0.15) is 12.4 Å². The van der Waals surface area contributed by atoms with Crippen molar-refractivity contribution in [2.24, 2.45) is 0 Å². The van der Waals surface area contributed by atoms with Crippen LogP contribution < -0.4 is 9.47 Å². The number of benzene rings is 1. The Labute approximate surface area is 166 Å². The van der Waals surface area contributed by atoms with Crippen LogP contribution >= 0.6 is 23.4 Å². The Kier molecular flexibility index (Phi) is 5.50. The van der Waals surface area contributed by atoms with Crippen LogP contribution in [0.2, 0.25) is 5.02 Å². The van der Waals surface area contributed by atoms with E-state index >= 15 is 0 Å². The number of aromatic nitrogens is 4. The van der Waals surface area contributed by atoms with Crippen molar-refractivity contribution in [1.82, 2.24) is 19.7 Å². The van der Waals surface area contributed by atoms with E-state index in [1.165, 1.54) is 0 Å². The number of hydrogen-bond donors (Lipinski definition) is 0. The van der Waals surface area contributed by atoms with Gasteiger partial charge in [-0.1, -0.05) is 41.6 Å². The summed E-state index contributed by atoms with van der Waals surface area (Å²) in [6.45, 7) is 0.345. The van der Waals surface area contributed by atoms with E-state index in [1.807, 2.05) is 42.6 Å². The Hall–Kier alpha value is -2.25. The molecule has 0 unspecified atom stereocenters. The minimum absolute atomic E-state index is 0.345. The quantitative estimate of drug-likeness (QED) is 0.515. The van der Waals surface area contributed by atoms with E-state index in [1.54, 1.807) is 18.9 Å². The van der Waals surface area contributed by atoms with Gasteiger partial charge in [0.25, 0.3) is 0 Å². The lowest BCUT2D eigenvalue weighted by atomic mass is 10.3. The summed E-state index contributed by atoms with van der Waals surface area (Å²) in [4.78, 5) is 4.24. The summed E-state index contributed by atoms with van der Waals surface area (Å²) >= 11 is 7.82. The van der Waals surface area contributed by atoms with Crippen molar-refractivity contribution in [3.8, 4) is 11.6 Å². The van der Waals surface area contributed by atoms with Gasteiger partial charge in [-0.2, -0.15) is 0 Å². The zero-order valence-corrected chi connectivity index (χ0v) is 16.4. The Morgan fingerprint density at radius 2 is 2.04 bits per heavy atom. The van der Waals surface area contributed by atoms with Crippen molar-refractivity contribution in [3.05, 3.63) is 59.0 Å². The highest BCUT2D eigenvalue weighted by molar-refractivity contribution is 7.98. The molecule has 4 rings (SSSR count). The first kappa shape index (κ1) is 18.1. The normalized spacial score (nSPS) is 13.6. The third-order valence-corrected chi connectivity index (χ3v) is 5.54. The smallest absolute Gasteiger partial charge is 0.212 e. The summed E-state index contributed by atoms with van der Waals surface area (Å²) in [5.74, 6) is 2.87. The first-order chi connectivity index (χ1) is 13.2. The van der Waals surface area contributed by atoms with Crippen molar-refractivity contribution < 1.29 is 9.47 Å². The molecule has 0 N–H and O–H groups in total. The molecule has 3 aromatic rings. The number of nitrogens with zero attached hydrogens (tertiary/aromatic N) is 4. The minimum Gasteiger partial charge on any atom is -0.484 e. The zero-order valence-electron chi connectivity index (χ0n) is 14.8. The second kappa shape index (κ2) is 8.19. The van der Waals surface area contributed by atoms with Gasteiger partial charge in [0.2, 0.25) is 5.88 Å². The summed E-state index contributed by atoms with van der Waals surface area (Å²) in [5.41, 5.74) is 1.11. The van der Waals surface area contributed by atoms with Crippen LogP contribution in [0.5, 0.6) is 11.6 Å². The zero-order chi connectivity index (χ0) is 18.6. The number of methoxy groups -OCH3 is 1. The summed E-state index contributed by atoms with van der Waals surface area (Å²) < 4.78 is 13.1. The van der Waals surface area contributed by atoms with E-state index in [4.69, 9.17) is 21.1 Å². The lowest BCUT2D eigenvalue weighted by Crippen LogP contribution is -2.07. The van der Waals surface area contributed by atoms with Crippen molar-refractivity contribution in [2.45, 2.75) is 36.4 Å². The van der Waals surface area contributed by atoms with E-state index in [0.29, 0.717) is 29.3 Å². The third kappa shape index (κ3) is 4.36. The van der Waals surface area contributed by atoms with Crippen molar-refractivity contribution in [1.29, 1.82) is 0 Å². The van der Waals surface area contributed by atoms with Crippen molar-refractivity contribution >= 4 is 23.4 Å². The Balaban J connectivity index is 1.45. The fourth-order valence-electron chi connectivity index (χ4n) is 2.67. The van der Waals surface area contributed by atoms with Crippen LogP contribution in [0.4, 0.5) is 0 Å². The molecular formula is C19H19ClN4O2S. The number of pyridine rings is 1. The van der Waals surface area contributed by atoms with Crippen molar-refractivity contribution in [2.75, 3.05) is 7.11 Å². The lowest BCUT2D eigenvalue weighted by Gasteiger charge is -2.10. The average molecular weight is 403 g/mol. The van der Waals surface area contributed by atoms with Crippen LogP contribution in [0.1, 0.15) is 30.3 Å². The van der Waals surface area contributed by atoms with E-state index < -0.39 is 0 Å². The molecule has 1 saturated carbocycles. The van der Waals surface area contributed by atoms with Crippen LogP contribution in [0.15, 0.2) is 47.8 Å². The van der Waals surface area contributed by atoms with Crippen molar-refractivity contribution in [3.63, 3.8) is 0 Å². The predicted molar refractivity (Wildman–Crippen MR) is 104 cm³/mol. The molecule has 0 saturated heterocycles. The minimum atomic E-state index is 0.345. The highest BCUT2D eigenvalue weighted by Gasteiger charge is 2.29. The van der Waals surface area contributed by atoms with Gasteiger partial charge >= 0.3 is 0 Å². The summed E-state index contributed by atoms with van der Waals surface area (Å²) in [7, 11) is 1.61. The molecule has 1 fully saturated rings. The third-order valence-electron chi connectivity index (χ3n) is 4.22. The van der Waals surface area contributed by atoms with Gasteiger partial charge in [-0.3, -0.25) is 4.57 Å². The lowest BCUT2D eigenvalue weighted by molar-refractivity contribution is 0.288. The fourth-order valence-corrected chi connectivity index (χ4v) is 3.82. The van der Waals surface area contributed by atoms with Gasteiger partial charge in [-0.15, -0.1) is 10.2 Å². The number of halogens is 1. The Morgan fingerprint density at radius 1 is 1.19 bits per heavy atom. The molecule has 1 aliphatic carbocycles. The molecule has 2 aromatic heterocycles. The molecule has 6 nitrogen and oxygen atoms in total. The first-order valence-corrected chi connectivity index (χ1v) is 10.0. The van der Waals surface area contributed by atoms with Gasteiger partial charge in [0, 0.05) is 24.1 Å². The second-order valence-electron chi connectivity index (χ2n) is 6.22. The van der Waals surface area contributed by atoms with Gasteiger partial charge < -0.3 is 9.47 Å². The number of hydrogen-bond acceptors (Lipinski definition) is 6. The molecule has 0 aliphatic heterocycles. The molecular weight excluding hydrogens is 384 g/mol. The van der Waals surface area contributed by atoms with Gasteiger partial charge in [-0.05, 0) is 30.5 Å². The maximum absolute atomic E-state index is 6.16. The Morgan fingerprint density at radius 3 is 2.74 bits per heavy atom. The van der Waals surface area contributed by atoms with Gasteiger partial charge in [0.05, 0.1) is 12.1 Å². The molecule has 8 heteroatoms. The topological polar surface area (TPSA) is 62.1 Å². The summed E-state index contributed by atoms with van der Waals surface area (Å²) in [6, 6.07) is 11.8. The van der Waals surface area contributed by atoms with Gasteiger partial charge in [0.15, 0.2) is 11.0 Å². The molecule has 0 radical (unpaired) electrons. The van der Waals surface area contributed by atoms with E-state index in [0.717, 1.165) is 35.1 Å². The van der Waals surface area contributed by atoms with E-state index in [2.05, 4.69) is 19.7 Å². The monoisotopic (exact) mass is 402 g/mol. The maximum atomic E-state index is 6.16. The maximum Gasteiger partial charge on any atom is 0.212 e. The number of rotatable bonds is 8.